The van der Waals surface area contributed by atoms with Crippen molar-refractivity contribution in [2.24, 2.45) is 11.8 Å². The summed E-state index contributed by atoms with van der Waals surface area (Å²) in [4.78, 5) is 8.48. The zero-order chi connectivity index (χ0) is 13.1. The van der Waals surface area contributed by atoms with E-state index in [4.69, 9.17) is 10.6 Å². The molecule has 1 saturated heterocycles. The number of hydrogen-bond acceptors (Lipinski definition) is 7. The van der Waals surface area contributed by atoms with Crippen LogP contribution < -0.4 is 16.6 Å². The average molecular weight is 263 g/mol. The molecule has 0 bridgehead atoms. The topological polar surface area (TPSA) is 114 Å². The van der Waals surface area contributed by atoms with Crippen LogP contribution in [0.5, 0.6) is 0 Å². The van der Waals surface area contributed by atoms with Crippen LogP contribution in [-0.4, -0.2) is 39.9 Å². The van der Waals surface area contributed by atoms with Crippen LogP contribution in [0.4, 0.5) is 11.8 Å². The SMILES string of the molecule is NNc1nc(NCCC2CCOC2)c2cn[nH]c2n1. The summed E-state index contributed by atoms with van der Waals surface area (Å²) in [6, 6.07) is 0. The lowest BCUT2D eigenvalue weighted by Gasteiger charge is -2.10. The molecule has 3 heterocycles. The molecule has 8 heteroatoms. The molecule has 1 aliphatic heterocycles. The molecule has 3 rings (SSSR count). The van der Waals surface area contributed by atoms with Crippen LogP contribution in [0.25, 0.3) is 11.0 Å². The molecule has 19 heavy (non-hydrogen) atoms. The maximum Gasteiger partial charge on any atom is 0.241 e. The van der Waals surface area contributed by atoms with Crippen molar-refractivity contribution in [3.63, 3.8) is 0 Å². The van der Waals surface area contributed by atoms with Crippen LogP contribution in [0.3, 0.4) is 0 Å². The molecule has 1 atom stereocenters. The molecule has 0 spiro atoms. The first-order chi connectivity index (χ1) is 9.36. The monoisotopic (exact) mass is 263 g/mol. The molecule has 1 unspecified atom stereocenters. The Labute approximate surface area is 110 Å². The van der Waals surface area contributed by atoms with Gasteiger partial charge in [0.1, 0.15) is 5.82 Å². The Balaban J connectivity index is 1.70. The molecule has 0 saturated carbocycles. The number of anilines is 2. The Morgan fingerprint density at radius 3 is 3.21 bits per heavy atom. The number of nitrogens with one attached hydrogen (secondary N) is 3. The highest BCUT2D eigenvalue weighted by Crippen LogP contribution is 2.21. The van der Waals surface area contributed by atoms with Gasteiger partial charge in [0.05, 0.1) is 11.6 Å². The zero-order valence-electron chi connectivity index (χ0n) is 10.5. The lowest BCUT2D eigenvalue weighted by atomic mass is 10.1. The number of H-pyrrole nitrogens is 1. The molecule has 102 valence electrons. The molecular formula is C11H17N7O. The fraction of sp³-hybridized carbons (Fsp3) is 0.545. The van der Waals surface area contributed by atoms with E-state index in [9.17, 15) is 0 Å². The Morgan fingerprint density at radius 1 is 1.47 bits per heavy atom. The van der Waals surface area contributed by atoms with Gasteiger partial charge >= 0.3 is 0 Å². The van der Waals surface area contributed by atoms with E-state index in [2.05, 4.69) is 30.9 Å². The van der Waals surface area contributed by atoms with Crippen molar-refractivity contribution in [2.75, 3.05) is 30.5 Å². The smallest absolute Gasteiger partial charge is 0.241 e. The van der Waals surface area contributed by atoms with Crippen LogP contribution in [-0.2, 0) is 4.74 Å². The van der Waals surface area contributed by atoms with Crippen LogP contribution >= 0.6 is 0 Å². The standard InChI is InChI=1S/C11H17N7O/c12-17-11-15-9(8-5-14-18-10(8)16-11)13-3-1-7-2-4-19-6-7/h5,7H,1-4,6,12H2,(H3,13,14,15,16,17,18). The highest BCUT2D eigenvalue weighted by atomic mass is 16.5. The number of rotatable bonds is 5. The van der Waals surface area contributed by atoms with E-state index in [0.717, 1.165) is 43.8 Å². The molecule has 2 aromatic heterocycles. The van der Waals surface area contributed by atoms with Gasteiger partial charge in [-0.25, -0.2) is 5.84 Å². The number of aromatic nitrogens is 4. The van der Waals surface area contributed by atoms with Crippen molar-refractivity contribution in [1.29, 1.82) is 0 Å². The molecule has 0 aliphatic carbocycles. The molecule has 1 aliphatic rings. The van der Waals surface area contributed by atoms with Gasteiger partial charge in [-0.3, -0.25) is 10.5 Å². The van der Waals surface area contributed by atoms with Crippen molar-refractivity contribution in [2.45, 2.75) is 12.8 Å². The molecule has 1 fully saturated rings. The first-order valence-electron chi connectivity index (χ1n) is 6.36. The summed E-state index contributed by atoms with van der Waals surface area (Å²) < 4.78 is 5.36. The first kappa shape index (κ1) is 12.1. The number of nitrogens with zero attached hydrogens (tertiary/aromatic N) is 3. The second-order valence-electron chi connectivity index (χ2n) is 4.62. The van der Waals surface area contributed by atoms with E-state index in [1.54, 1.807) is 6.20 Å². The van der Waals surface area contributed by atoms with E-state index < -0.39 is 0 Å². The summed E-state index contributed by atoms with van der Waals surface area (Å²) in [5, 5.41) is 11.0. The van der Waals surface area contributed by atoms with Gasteiger partial charge in [-0.15, -0.1) is 0 Å². The Kier molecular flexibility index (Phi) is 3.43. The Bertz CT molecular complexity index is 549. The number of fused-ring (bicyclic) bond motifs is 1. The average Bonchev–Trinajstić information content (AvgIpc) is 3.08. The predicted octanol–water partition coefficient (Wildman–Crippen LogP) is 0.477. The highest BCUT2D eigenvalue weighted by Gasteiger charge is 2.15. The normalized spacial score (nSPS) is 18.9. The van der Waals surface area contributed by atoms with Crippen LogP contribution in [0.15, 0.2) is 6.20 Å². The first-order valence-corrected chi connectivity index (χ1v) is 6.36. The molecule has 2 aromatic rings. The Morgan fingerprint density at radius 2 is 2.42 bits per heavy atom. The van der Waals surface area contributed by atoms with Gasteiger partial charge < -0.3 is 10.1 Å². The van der Waals surface area contributed by atoms with E-state index in [1.165, 1.54) is 0 Å². The van der Waals surface area contributed by atoms with Crippen molar-refractivity contribution in [3.05, 3.63) is 6.20 Å². The van der Waals surface area contributed by atoms with Gasteiger partial charge in [0, 0.05) is 19.8 Å². The molecular weight excluding hydrogens is 246 g/mol. The van der Waals surface area contributed by atoms with Gasteiger partial charge in [0.2, 0.25) is 5.95 Å². The van der Waals surface area contributed by atoms with Crippen molar-refractivity contribution < 1.29 is 4.74 Å². The molecule has 0 aromatic carbocycles. The number of hydrogen-bond donors (Lipinski definition) is 4. The third-order valence-electron chi connectivity index (χ3n) is 3.31. The predicted molar refractivity (Wildman–Crippen MR) is 71.5 cm³/mol. The number of nitrogens with two attached hydrogens (primary N) is 1. The second kappa shape index (κ2) is 5.37. The van der Waals surface area contributed by atoms with Gasteiger partial charge in [0.25, 0.3) is 0 Å². The highest BCUT2D eigenvalue weighted by molar-refractivity contribution is 5.86. The minimum atomic E-state index is 0.364. The zero-order valence-corrected chi connectivity index (χ0v) is 10.5. The summed E-state index contributed by atoms with van der Waals surface area (Å²) in [6.07, 6.45) is 3.91. The van der Waals surface area contributed by atoms with Gasteiger partial charge in [-0.1, -0.05) is 0 Å². The molecule has 8 nitrogen and oxygen atoms in total. The second-order valence-corrected chi connectivity index (χ2v) is 4.62. The molecule has 5 N–H and O–H groups in total. The van der Waals surface area contributed by atoms with Gasteiger partial charge in [0.15, 0.2) is 5.65 Å². The number of ether oxygens (including phenoxy) is 1. The lowest BCUT2D eigenvalue weighted by molar-refractivity contribution is 0.185. The van der Waals surface area contributed by atoms with E-state index in [1.807, 2.05) is 0 Å². The third-order valence-corrected chi connectivity index (χ3v) is 3.31. The third kappa shape index (κ3) is 2.59. The van der Waals surface area contributed by atoms with Crippen LogP contribution in [0, 0.1) is 5.92 Å². The number of hydrazine groups is 1. The van der Waals surface area contributed by atoms with Crippen molar-refractivity contribution in [1.82, 2.24) is 20.2 Å². The maximum atomic E-state index is 5.36. The van der Waals surface area contributed by atoms with E-state index in [0.29, 0.717) is 17.5 Å². The maximum absolute atomic E-state index is 5.36. The van der Waals surface area contributed by atoms with Gasteiger partial charge in [-0.2, -0.15) is 15.1 Å². The van der Waals surface area contributed by atoms with E-state index in [-0.39, 0.29) is 0 Å². The van der Waals surface area contributed by atoms with Crippen molar-refractivity contribution in [3.8, 4) is 0 Å². The summed E-state index contributed by atoms with van der Waals surface area (Å²) in [6.45, 7) is 2.59. The minimum absolute atomic E-state index is 0.364. The van der Waals surface area contributed by atoms with Crippen LogP contribution in [0.2, 0.25) is 0 Å². The summed E-state index contributed by atoms with van der Waals surface area (Å²) in [5.41, 5.74) is 3.11. The fourth-order valence-corrected chi connectivity index (χ4v) is 2.24. The largest absolute Gasteiger partial charge is 0.381 e. The molecule has 0 radical (unpaired) electrons. The van der Waals surface area contributed by atoms with Crippen LogP contribution in [0.1, 0.15) is 12.8 Å². The number of nitrogen functional groups attached to an aromatic ring is 1. The van der Waals surface area contributed by atoms with Gasteiger partial charge in [-0.05, 0) is 18.8 Å². The minimum Gasteiger partial charge on any atom is -0.381 e. The summed E-state index contributed by atoms with van der Waals surface area (Å²) in [5.74, 6) is 7.10. The fourth-order valence-electron chi connectivity index (χ4n) is 2.24. The molecule has 0 amide bonds. The van der Waals surface area contributed by atoms with E-state index >= 15 is 0 Å². The lowest BCUT2D eigenvalue weighted by Crippen LogP contribution is -2.14. The van der Waals surface area contributed by atoms with Crippen molar-refractivity contribution >= 4 is 22.8 Å². The quantitative estimate of drug-likeness (QED) is 0.458. The summed E-state index contributed by atoms with van der Waals surface area (Å²) in [7, 11) is 0. The Hall–Kier alpha value is -1.93. The number of aromatic amines is 1. The summed E-state index contributed by atoms with van der Waals surface area (Å²) >= 11 is 0.